The number of β-lactam (4-membered cyclic amide) rings is 1. The van der Waals surface area contributed by atoms with Gasteiger partial charge < -0.3 is 24.4 Å². The summed E-state index contributed by atoms with van der Waals surface area (Å²) in [7, 11) is 4.35. The molecule has 0 bridgehead atoms. The second-order valence-electron chi connectivity index (χ2n) is 7.62. The SMILES string of the molecule is C[C@@H](O)[C@H]1C(=O)N2C(C(=O)[O-])=C(S[C@H]3CC[N+](C)(C)C3)[C@H](C)[C@H]12. The third kappa shape index (κ3) is 2.58. The van der Waals surface area contributed by atoms with E-state index in [4.69, 9.17) is 0 Å². The van der Waals surface area contributed by atoms with Gasteiger partial charge in [-0.2, -0.15) is 0 Å². The predicted octanol–water partition coefficient (Wildman–Crippen LogP) is -0.613. The van der Waals surface area contributed by atoms with Gasteiger partial charge >= 0.3 is 0 Å². The molecule has 0 aromatic rings. The molecule has 0 spiro atoms. The van der Waals surface area contributed by atoms with Crippen LogP contribution in [0.4, 0.5) is 0 Å². The van der Waals surface area contributed by atoms with Crippen molar-refractivity contribution >= 4 is 23.6 Å². The van der Waals surface area contributed by atoms with Crippen LogP contribution in [-0.2, 0) is 9.59 Å². The summed E-state index contributed by atoms with van der Waals surface area (Å²) in [6.45, 7) is 5.60. The van der Waals surface area contributed by atoms with E-state index < -0.39 is 18.0 Å². The van der Waals surface area contributed by atoms with Gasteiger partial charge in [0.25, 0.3) is 0 Å². The molecule has 128 valence electrons. The number of aliphatic carboxylic acids is 1. The number of aliphatic hydroxyl groups excluding tert-OH is 1. The molecule has 3 heterocycles. The average molecular weight is 340 g/mol. The third-order valence-electron chi connectivity index (χ3n) is 5.35. The van der Waals surface area contributed by atoms with E-state index in [0.29, 0.717) is 5.25 Å². The van der Waals surface area contributed by atoms with Crippen LogP contribution in [0.25, 0.3) is 0 Å². The van der Waals surface area contributed by atoms with Gasteiger partial charge in [0.05, 0.1) is 62.2 Å². The number of hydrogen-bond donors (Lipinski definition) is 1. The lowest BCUT2D eigenvalue weighted by Gasteiger charge is -2.47. The van der Waals surface area contributed by atoms with Crippen LogP contribution in [0.15, 0.2) is 10.6 Å². The first kappa shape index (κ1) is 16.8. The first-order valence-corrected chi connectivity index (χ1v) is 8.97. The Balaban J connectivity index is 1.86. The number of carbonyl (C=O) groups excluding carboxylic acids is 2. The molecular weight excluding hydrogens is 316 g/mol. The zero-order chi connectivity index (χ0) is 17.1. The minimum Gasteiger partial charge on any atom is -0.543 e. The van der Waals surface area contributed by atoms with E-state index in [1.54, 1.807) is 18.7 Å². The Morgan fingerprint density at radius 2 is 2.13 bits per heavy atom. The van der Waals surface area contributed by atoms with Crippen molar-refractivity contribution in [2.45, 2.75) is 37.7 Å². The first-order valence-electron chi connectivity index (χ1n) is 8.09. The first-order chi connectivity index (χ1) is 10.6. The molecule has 0 aromatic heterocycles. The highest BCUT2D eigenvalue weighted by Gasteiger charge is 2.59. The van der Waals surface area contributed by atoms with Gasteiger partial charge in [0, 0.05) is 17.2 Å². The molecule has 7 heteroatoms. The standard InChI is InChI=1S/C16H24N2O4S/c1-8-12-11(9(2)19)15(20)17(12)13(16(21)22)14(8)23-10-5-6-18(3,4)7-10/h8-12,19H,5-7H2,1-4H3/t8-,9-,10+,11-,12-/m1/s1. The number of amides is 1. The van der Waals surface area contributed by atoms with Crippen LogP contribution >= 0.6 is 11.8 Å². The van der Waals surface area contributed by atoms with Crippen molar-refractivity contribution in [1.82, 2.24) is 4.90 Å². The lowest BCUT2D eigenvalue weighted by molar-refractivity contribution is -0.877. The van der Waals surface area contributed by atoms with Gasteiger partial charge in [0.2, 0.25) is 5.91 Å². The molecule has 1 N–H and O–H groups in total. The minimum atomic E-state index is -1.29. The van der Waals surface area contributed by atoms with Crippen LogP contribution in [-0.4, -0.2) is 70.9 Å². The van der Waals surface area contributed by atoms with Gasteiger partial charge in [-0.15, -0.1) is 11.8 Å². The molecule has 0 saturated carbocycles. The van der Waals surface area contributed by atoms with Gasteiger partial charge in [0.1, 0.15) is 0 Å². The summed E-state index contributed by atoms with van der Waals surface area (Å²) < 4.78 is 0.933. The van der Waals surface area contributed by atoms with E-state index >= 15 is 0 Å². The Hall–Kier alpha value is -1.05. The second kappa shape index (κ2) is 5.50. The van der Waals surface area contributed by atoms with E-state index in [2.05, 4.69) is 14.1 Å². The van der Waals surface area contributed by atoms with Gasteiger partial charge in [-0.3, -0.25) is 4.79 Å². The number of likely N-dealkylation sites (tertiary alicyclic amines) is 1. The lowest BCUT2D eigenvalue weighted by atomic mass is 9.79. The molecule has 3 rings (SSSR count). The maximum Gasteiger partial charge on any atom is 0.235 e. The van der Waals surface area contributed by atoms with Crippen molar-refractivity contribution in [2.75, 3.05) is 27.2 Å². The highest BCUT2D eigenvalue weighted by atomic mass is 32.2. The Labute approximate surface area is 140 Å². The van der Waals surface area contributed by atoms with E-state index in [1.807, 2.05) is 6.92 Å². The number of carbonyl (C=O) groups is 2. The largest absolute Gasteiger partial charge is 0.543 e. The number of nitrogens with zero attached hydrogens (tertiary/aromatic N) is 2. The molecule has 23 heavy (non-hydrogen) atoms. The molecule has 0 aromatic carbocycles. The summed E-state index contributed by atoms with van der Waals surface area (Å²) in [6.07, 6.45) is 0.271. The van der Waals surface area contributed by atoms with Gasteiger partial charge in [-0.1, -0.05) is 6.92 Å². The quantitative estimate of drug-likeness (QED) is 0.545. The number of aliphatic hydroxyl groups is 1. The van der Waals surface area contributed by atoms with Gasteiger partial charge in [-0.25, -0.2) is 0 Å². The summed E-state index contributed by atoms with van der Waals surface area (Å²) in [5.74, 6) is -2.16. The van der Waals surface area contributed by atoms with Crippen molar-refractivity contribution in [3.8, 4) is 0 Å². The fourth-order valence-electron chi connectivity index (χ4n) is 4.17. The summed E-state index contributed by atoms with van der Waals surface area (Å²) in [5.41, 5.74) is 0.0339. The van der Waals surface area contributed by atoms with Crippen LogP contribution in [0.3, 0.4) is 0 Å². The molecule has 3 aliphatic rings. The highest BCUT2D eigenvalue weighted by Crippen LogP contribution is 2.51. The molecule has 1 amide bonds. The van der Waals surface area contributed by atoms with E-state index in [0.717, 1.165) is 28.9 Å². The second-order valence-corrected chi connectivity index (χ2v) is 8.97. The molecule has 0 unspecified atom stereocenters. The summed E-state index contributed by atoms with van der Waals surface area (Å²) in [6, 6.07) is -0.248. The maximum absolute atomic E-state index is 12.3. The fraction of sp³-hybridized carbons (Fsp3) is 0.750. The van der Waals surface area contributed by atoms with Crippen molar-refractivity contribution in [2.24, 2.45) is 11.8 Å². The summed E-state index contributed by atoms with van der Waals surface area (Å²) in [5, 5.41) is 21.8. The van der Waals surface area contributed by atoms with E-state index in [1.165, 1.54) is 4.90 Å². The number of fused-ring (bicyclic) bond motifs is 1. The van der Waals surface area contributed by atoms with Crippen LogP contribution in [0, 0.1) is 11.8 Å². The Morgan fingerprint density at radius 3 is 2.61 bits per heavy atom. The van der Waals surface area contributed by atoms with Crippen molar-refractivity contribution in [3.63, 3.8) is 0 Å². The number of thioether (sulfide) groups is 1. The number of hydrogen-bond acceptors (Lipinski definition) is 5. The highest BCUT2D eigenvalue weighted by molar-refractivity contribution is 8.03. The Kier molecular flexibility index (Phi) is 4.01. The van der Waals surface area contributed by atoms with Crippen LogP contribution in [0.1, 0.15) is 20.3 Å². The Morgan fingerprint density at radius 1 is 1.48 bits per heavy atom. The molecular formula is C16H24N2O4S. The molecule has 3 aliphatic heterocycles. The number of quaternary nitrogens is 1. The number of carboxylic acids is 1. The monoisotopic (exact) mass is 340 g/mol. The molecule has 5 atom stereocenters. The topological polar surface area (TPSA) is 80.7 Å². The van der Waals surface area contributed by atoms with Crippen LogP contribution in [0.5, 0.6) is 0 Å². The summed E-state index contributed by atoms with van der Waals surface area (Å²) in [4.78, 5) is 26.0. The van der Waals surface area contributed by atoms with E-state index in [-0.39, 0.29) is 23.6 Å². The van der Waals surface area contributed by atoms with Crippen molar-refractivity contribution in [1.29, 1.82) is 0 Å². The third-order valence-corrected chi connectivity index (χ3v) is 6.89. The van der Waals surface area contributed by atoms with Gasteiger partial charge in [-0.05, 0) is 6.92 Å². The van der Waals surface area contributed by atoms with E-state index in [9.17, 15) is 19.8 Å². The van der Waals surface area contributed by atoms with Crippen molar-refractivity contribution < 1.29 is 24.3 Å². The maximum atomic E-state index is 12.3. The Bertz CT molecular complexity index is 587. The smallest absolute Gasteiger partial charge is 0.235 e. The molecule has 2 fully saturated rings. The van der Waals surface area contributed by atoms with Crippen LogP contribution in [0.2, 0.25) is 0 Å². The number of carboxylic acid groups (broad SMARTS) is 1. The number of rotatable bonds is 4. The zero-order valence-corrected chi connectivity index (χ0v) is 14.8. The molecule has 0 aliphatic carbocycles. The zero-order valence-electron chi connectivity index (χ0n) is 14.0. The van der Waals surface area contributed by atoms with Gasteiger partial charge in [0.15, 0.2) is 0 Å². The lowest BCUT2D eigenvalue weighted by Crippen LogP contribution is -2.64. The minimum absolute atomic E-state index is 0.0339. The molecule has 2 saturated heterocycles. The average Bonchev–Trinajstić information content (AvgIpc) is 2.87. The molecule has 6 nitrogen and oxygen atoms in total. The summed E-state index contributed by atoms with van der Waals surface area (Å²) >= 11 is 1.59. The molecule has 0 radical (unpaired) electrons. The normalized spacial score (nSPS) is 36.9. The van der Waals surface area contributed by atoms with Crippen LogP contribution < -0.4 is 5.11 Å². The predicted molar refractivity (Wildman–Crippen MR) is 84.8 cm³/mol. The van der Waals surface area contributed by atoms with Crippen molar-refractivity contribution in [3.05, 3.63) is 10.6 Å². The fourth-order valence-corrected chi connectivity index (χ4v) is 5.88.